The van der Waals surface area contributed by atoms with Gasteiger partial charge in [-0.3, -0.25) is 9.59 Å². The van der Waals surface area contributed by atoms with Crippen molar-refractivity contribution in [2.75, 3.05) is 6.54 Å². The van der Waals surface area contributed by atoms with E-state index < -0.39 is 11.4 Å². The molecule has 138 valence electrons. The molecule has 0 aliphatic heterocycles. The number of benzene rings is 2. The molecule has 0 fully saturated rings. The molecule has 5 heteroatoms. The van der Waals surface area contributed by atoms with Crippen LogP contribution in [-0.2, 0) is 16.0 Å². The van der Waals surface area contributed by atoms with Gasteiger partial charge >= 0.3 is 0 Å². The topological polar surface area (TPSA) is 58.2 Å². The van der Waals surface area contributed by atoms with Gasteiger partial charge in [-0.05, 0) is 24.0 Å². The lowest BCUT2D eigenvalue weighted by Gasteiger charge is -2.20. The molecule has 0 radical (unpaired) electrons. The van der Waals surface area contributed by atoms with Crippen LogP contribution in [-0.4, -0.2) is 24.4 Å². The number of halogens is 1. The summed E-state index contributed by atoms with van der Waals surface area (Å²) in [4.78, 5) is 24.9. The third-order valence-corrected chi connectivity index (χ3v) is 4.54. The highest BCUT2D eigenvalue weighted by molar-refractivity contribution is 6.30. The highest BCUT2D eigenvalue weighted by atomic mass is 35.5. The molecule has 2 rings (SSSR count). The zero-order chi connectivity index (χ0) is 18.8. The number of rotatable bonds is 9. The molecule has 0 spiro atoms. The minimum absolute atomic E-state index is 0.173. The number of hydrogen-bond donors (Lipinski definition) is 2. The van der Waals surface area contributed by atoms with E-state index >= 15 is 0 Å². The fourth-order valence-electron chi connectivity index (χ4n) is 2.67. The fraction of sp³-hybridized carbons (Fsp3) is 0.333. The van der Waals surface area contributed by atoms with Gasteiger partial charge in [0, 0.05) is 6.54 Å². The van der Waals surface area contributed by atoms with Gasteiger partial charge < -0.3 is 10.6 Å². The average Bonchev–Trinajstić information content (AvgIpc) is 2.68. The molecule has 0 saturated carbocycles. The van der Waals surface area contributed by atoms with Crippen molar-refractivity contribution in [3.63, 3.8) is 0 Å². The normalized spacial score (nSPS) is 12.8. The van der Waals surface area contributed by atoms with Crippen LogP contribution in [0.1, 0.15) is 36.3 Å². The quantitative estimate of drug-likeness (QED) is 0.660. The van der Waals surface area contributed by atoms with Crippen LogP contribution in [0.25, 0.3) is 0 Å². The number of carbonyl (C=O) groups is 2. The Hall–Kier alpha value is -2.33. The number of amides is 2. The Labute approximate surface area is 159 Å². The fourth-order valence-corrected chi connectivity index (χ4v) is 2.88. The number of nitrogens with one attached hydrogen (secondary N) is 2. The summed E-state index contributed by atoms with van der Waals surface area (Å²) < 4.78 is 0. The first-order valence-corrected chi connectivity index (χ1v) is 9.36. The molecule has 2 atom stereocenters. The van der Waals surface area contributed by atoms with Crippen LogP contribution in [0, 0.1) is 0 Å². The first-order chi connectivity index (χ1) is 12.6. The van der Waals surface area contributed by atoms with Gasteiger partial charge in [-0.25, -0.2) is 0 Å². The maximum atomic E-state index is 12.4. The van der Waals surface area contributed by atoms with Gasteiger partial charge in [0.25, 0.3) is 0 Å². The summed E-state index contributed by atoms with van der Waals surface area (Å²) in [5.41, 5.74) is 1.88. The van der Waals surface area contributed by atoms with Crippen molar-refractivity contribution >= 4 is 23.4 Å². The van der Waals surface area contributed by atoms with Crippen molar-refractivity contribution in [1.29, 1.82) is 0 Å². The third kappa shape index (κ3) is 6.19. The minimum Gasteiger partial charge on any atom is -0.354 e. The predicted octanol–water partition coefficient (Wildman–Crippen LogP) is 3.61. The lowest BCUT2D eigenvalue weighted by molar-refractivity contribution is -0.129. The van der Waals surface area contributed by atoms with Crippen molar-refractivity contribution in [3.05, 3.63) is 71.8 Å². The Morgan fingerprint density at radius 3 is 2.19 bits per heavy atom. The Bertz CT molecular complexity index is 692. The van der Waals surface area contributed by atoms with Crippen LogP contribution in [0.3, 0.4) is 0 Å². The summed E-state index contributed by atoms with van der Waals surface area (Å²) >= 11 is 6.25. The van der Waals surface area contributed by atoms with E-state index in [9.17, 15) is 9.59 Å². The van der Waals surface area contributed by atoms with Crippen molar-refractivity contribution in [2.24, 2.45) is 0 Å². The van der Waals surface area contributed by atoms with E-state index in [2.05, 4.69) is 10.6 Å². The van der Waals surface area contributed by atoms with Crippen LogP contribution < -0.4 is 10.6 Å². The van der Waals surface area contributed by atoms with Gasteiger partial charge in [0.15, 0.2) is 0 Å². The van der Waals surface area contributed by atoms with E-state index in [0.717, 1.165) is 18.4 Å². The second-order valence-corrected chi connectivity index (χ2v) is 6.59. The molecule has 0 aliphatic carbocycles. The first kappa shape index (κ1) is 20.0. The Kier molecular flexibility index (Phi) is 8.16. The van der Waals surface area contributed by atoms with Gasteiger partial charge in [-0.2, -0.15) is 0 Å². The van der Waals surface area contributed by atoms with E-state index in [0.29, 0.717) is 18.5 Å². The Morgan fingerprint density at radius 1 is 0.962 bits per heavy atom. The molecule has 4 nitrogen and oxygen atoms in total. The van der Waals surface area contributed by atoms with Gasteiger partial charge in [0.05, 0.1) is 0 Å². The minimum atomic E-state index is -0.812. The molecular weight excluding hydrogens is 348 g/mol. The SMILES string of the molecule is CCCC(NC(=O)C(Cl)c1ccccc1)C(=O)NCCc1ccccc1. The summed E-state index contributed by atoms with van der Waals surface area (Å²) in [5.74, 6) is -0.525. The first-order valence-electron chi connectivity index (χ1n) is 8.92. The second kappa shape index (κ2) is 10.6. The van der Waals surface area contributed by atoms with E-state index in [1.807, 2.05) is 55.5 Å². The van der Waals surface area contributed by atoms with E-state index in [-0.39, 0.29) is 11.8 Å². The third-order valence-electron chi connectivity index (χ3n) is 4.09. The molecule has 2 aromatic rings. The summed E-state index contributed by atoms with van der Waals surface area (Å²) in [5, 5.41) is 4.87. The molecule has 2 unspecified atom stereocenters. The lowest BCUT2D eigenvalue weighted by atomic mass is 10.1. The predicted molar refractivity (Wildman–Crippen MR) is 105 cm³/mol. The maximum Gasteiger partial charge on any atom is 0.243 e. The number of carbonyl (C=O) groups excluding carboxylic acids is 2. The summed E-state index contributed by atoms with van der Waals surface area (Å²) in [7, 11) is 0. The zero-order valence-corrected chi connectivity index (χ0v) is 15.7. The summed E-state index contributed by atoms with van der Waals surface area (Å²) in [6.45, 7) is 2.51. The van der Waals surface area contributed by atoms with Crippen LogP contribution in [0.2, 0.25) is 0 Å². The molecule has 0 aromatic heterocycles. The van der Waals surface area contributed by atoms with Crippen LogP contribution >= 0.6 is 11.6 Å². The molecule has 0 saturated heterocycles. The van der Waals surface area contributed by atoms with Crippen LogP contribution in [0.15, 0.2) is 60.7 Å². The number of hydrogen-bond acceptors (Lipinski definition) is 2. The smallest absolute Gasteiger partial charge is 0.243 e. The van der Waals surface area contributed by atoms with Gasteiger partial charge in [-0.15, -0.1) is 11.6 Å². The van der Waals surface area contributed by atoms with Gasteiger partial charge in [0.2, 0.25) is 11.8 Å². The van der Waals surface area contributed by atoms with Gasteiger partial charge in [0.1, 0.15) is 11.4 Å². The second-order valence-electron chi connectivity index (χ2n) is 6.15. The van der Waals surface area contributed by atoms with Crippen LogP contribution in [0.4, 0.5) is 0 Å². The van der Waals surface area contributed by atoms with E-state index in [4.69, 9.17) is 11.6 Å². The molecule has 0 aliphatic rings. The molecule has 0 bridgehead atoms. The highest BCUT2D eigenvalue weighted by Crippen LogP contribution is 2.20. The van der Waals surface area contributed by atoms with Gasteiger partial charge in [-0.1, -0.05) is 74.0 Å². The van der Waals surface area contributed by atoms with Crippen molar-refractivity contribution in [2.45, 2.75) is 37.6 Å². The maximum absolute atomic E-state index is 12.4. The largest absolute Gasteiger partial charge is 0.354 e. The molecule has 2 amide bonds. The molecular formula is C21H25ClN2O2. The summed E-state index contributed by atoms with van der Waals surface area (Å²) in [6.07, 6.45) is 2.11. The lowest BCUT2D eigenvalue weighted by Crippen LogP contribution is -2.48. The Morgan fingerprint density at radius 2 is 1.58 bits per heavy atom. The molecule has 0 heterocycles. The molecule has 26 heavy (non-hydrogen) atoms. The number of alkyl halides is 1. The standard InChI is InChI=1S/C21H25ClN2O2/c1-2-9-18(20(25)23-15-14-16-10-5-3-6-11-16)24-21(26)19(22)17-12-7-4-8-13-17/h3-8,10-13,18-19H,2,9,14-15H2,1H3,(H,23,25)(H,24,26). The average molecular weight is 373 g/mol. The monoisotopic (exact) mass is 372 g/mol. The van der Waals surface area contributed by atoms with Crippen molar-refractivity contribution in [1.82, 2.24) is 10.6 Å². The summed E-state index contributed by atoms with van der Waals surface area (Å²) in [6, 6.07) is 18.5. The Balaban J connectivity index is 1.88. The molecule has 2 aromatic carbocycles. The zero-order valence-electron chi connectivity index (χ0n) is 15.0. The van der Waals surface area contributed by atoms with E-state index in [1.54, 1.807) is 12.1 Å². The van der Waals surface area contributed by atoms with Crippen LogP contribution in [0.5, 0.6) is 0 Å². The van der Waals surface area contributed by atoms with Crippen molar-refractivity contribution in [3.8, 4) is 0 Å². The molecule has 2 N–H and O–H groups in total. The highest BCUT2D eigenvalue weighted by Gasteiger charge is 2.24. The van der Waals surface area contributed by atoms with Crippen molar-refractivity contribution < 1.29 is 9.59 Å². The van der Waals surface area contributed by atoms with E-state index in [1.165, 1.54) is 0 Å².